The van der Waals surface area contributed by atoms with Crippen LogP contribution in [0.4, 0.5) is 0 Å². The van der Waals surface area contributed by atoms with E-state index in [2.05, 4.69) is 10.1 Å². The largest absolute Gasteiger partial charge is 0.370 e. The highest BCUT2D eigenvalue weighted by Crippen LogP contribution is 2.29. The van der Waals surface area contributed by atoms with Gasteiger partial charge < -0.3 is 9.26 Å². The van der Waals surface area contributed by atoms with Crippen molar-refractivity contribution < 1.29 is 14.1 Å². The Morgan fingerprint density at radius 1 is 1.35 bits per heavy atom. The fraction of sp³-hybridized carbons (Fsp3) is 0.750. The van der Waals surface area contributed by atoms with Gasteiger partial charge in [-0.2, -0.15) is 4.98 Å². The third-order valence-corrected chi connectivity index (χ3v) is 3.15. The molecule has 0 N–H and O–H groups in total. The molecule has 0 saturated carbocycles. The van der Waals surface area contributed by atoms with Crippen molar-refractivity contribution in [2.24, 2.45) is 0 Å². The molecule has 0 bridgehead atoms. The van der Waals surface area contributed by atoms with E-state index in [-0.39, 0.29) is 12.2 Å². The molecule has 0 spiro atoms. The summed E-state index contributed by atoms with van der Waals surface area (Å²) in [4.78, 5) is 15.5. The number of ketones is 1. The number of rotatable bonds is 7. The Morgan fingerprint density at radius 3 is 2.47 bits per heavy atom. The van der Waals surface area contributed by atoms with E-state index in [1.54, 1.807) is 7.11 Å². The first-order valence-corrected chi connectivity index (χ1v) is 6.01. The van der Waals surface area contributed by atoms with Crippen LogP contribution in [0.15, 0.2) is 4.52 Å². The van der Waals surface area contributed by atoms with Gasteiger partial charge in [0.2, 0.25) is 11.7 Å². The van der Waals surface area contributed by atoms with Gasteiger partial charge in [0, 0.05) is 13.5 Å². The number of hydrogen-bond acceptors (Lipinski definition) is 5. The maximum atomic E-state index is 11.3. The molecule has 96 valence electrons. The Bertz CT molecular complexity index is 361. The summed E-state index contributed by atoms with van der Waals surface area (Å²) in [6, 6.07) is 0. The van der Waals surface area contributed by atoms with Crippen LogP contribution < -0.4 is 0 Å². The Morgan fingerprint density at radius 2 is 2.00 bits per heavy atom. The zero-order valence-electron chi connectivity index (χ0n) is 10.9. The average molecular weight is 240 g/mol. The van der Waals surface area contributed by atoms with E-state index < -0.39 is 5.60 Å². The van der Waals surface area contributed by atoms with Crippen molar-refractivity contribution in [3.05, 3.63) is 11.7 Å². The molecule has 0 aliphatic carbocycles. The van der Waals surface area contributed by atoms with E-state index in [4.69, 9.17) is 9.26 Å². The van der Waals surface area contributed by atoms with Gasteiger partial charge in [-0.1, -0.05) is 25.9 Å². The molecule has 0 saturated heterocycles. The van der Waals surface area contributed by atoms with Crippen LogP contribution in [0.5, 0.6) is 0 Å². The van der Waals surface area contributed by atoms with Crippen molar-refractivity contribution in [1.82, 2.24) is 10.1 Å². The van der Waals surface area contributed by atoms with Gasteiger partial charge in [-0.05, 0) is 12.8 Å². The van der Waals surface area contributed by atoms with Gasteiger partial charge in [0.1, 0.15) is 11.4 Å². The zero-order valence-corrected chi connectivity index (χ0v) is 10.9. The standard InChI is InChI=1S/C12H20N2O3/c1-5-9(15)8-10-13-11(14-17-10)12(6-2,7-3)16-4/h5-8H2,1-4H3. The molecule has 0 radical (unpaired) electrons. The number of ether oxygens (including phenoxy) is 1. The normalized spacial score (nSPS) is 11.8. The van der Waals surface area contributed by atoms with Crippen LogP contribution in [-0.4, -0.2) is 23.0 Å². The van der Waals surface area contributed by atoms with Gasteiger partial charge in [0.25, 0.3) is 0 Å². The summed E-state index contributed by atoms with van der Waals surface area (Å²) in [5.74, 6) is 0.996. The van der Waals surface area contributed by atoms with Gasteiger partial charge in [0.05, 0.1) is 6.42 Å². The topological polar surface area (TPSA) is 65.2 Å². The second-order valence-corrected chi connectivity index (χ2v) is 3.99. The lowest BCUT2D eigenvalue weighted by Gasteiger charge is -2.25. The second kappa shape index (κ2) is 5.91. The van der Waals surface area contributed by atoms with Crippen LogP contribution in [0.25, 0.3) is 0 Å². The highest BCUT2D eigenvalue weighted by atomic mass is 16.5. The summed E-state index contributed by atoms with van der Waals surface area (Å²) in [6.07, 6.45) is 2.22. The molecule has 0 fully saturated rings. The summed E-state index contributed by atoms with van der Waals surface area (Å²) in [5.41, 5.74) is -0.503. The van der Waals surface area contributed by atoms with Crippen molar-refractivity contribution in [1.29, 1.82) is 0 Å². The van der Waals surface area contributed by atoms with Crippen molar-refractivity contribution in [3.63, 3.8) is 0 Å². The van der Waals surface area contributed by atoms with Crippen LogP contribution >= 0.6 is 0 Å². The van der Waals surface area contributed by atoms with Crippen molar-refractivity contribution in [2.45, 2.75) is 52.1 Å². The van der Waals surface area contributed by atoms with Crippen molar-refractivity contribution in [2.75, 3.05) is 7.11 Å². The molecule has 0 atom stereocenters. The van der Waals surface area contributed by atoms with Gasteiger partial charge in [-0.25, -0.2) is 0 Å². The van der Waals surface area contributed by atoms with Crippen LogP contribution in [0.1, 0.15) is 51.7 Å². The number of nitrogens with zero attached hydrogens (tertiary/aromatic N) is 2. The first-order valence-electron chi connectivity index (χ1n) is 6.01. The molecule has 5 heteroatoms. The second-order valence-electron chi connectivity index (χ2n) is 3.99. The van der Waals surface area contributed by atoms with Gasteiger partial charge in [0.15, 0.2) is 0 Å². The third kappa shape index (κ3) is 2.91. The number of hydrogen-bond donors (Lipinski definition) is 0. The number of carbonyl (C=O) groups excluding carboxylic acids is 1. The lowest BCUT2D eigenvalue weighted by Crippen LogP contribution is -2.28. The Labute approximate surface area is 102 Å². The third-order valence-electron chi connectivity index (χ3n) is 3.15. The number of methoxy groups -OCH3 is 1. The minimum Gasteiger partial charge on any atom is -0.370 e. The SMILES string of the molecule is CCC(=O)Cc1nc(C(CC)(CC)OC)no1. The van der Waals surface area contributed by atoms with Crippen LogP contribution in [0.3, 0.4) is 0 Å². The molecular formula is C12H20N2O3. The Balaban J connectivity index is 2.89. The van der Waals surface area contributed by atoms with Crippen molar-refractivity contribution in [3.8, 4) is 0 Å². The maximum absolute atomic E-state index is 11.3. The molecule has 1 aromatic heterocycles. The fourth-order valence-corrected chi connectivity index (χ4v) is 1.75. The number of carbonyl (C=O) groups is 1. The summed E-state index contributed by atoms with van der Waals surface area (Å²) in [6.45, 7) is 5.84. The van der Waals surface area contributed by atoms with Crippen LogP contribution in [0.2, 0.25) is 0 Å². The fourth-order valence-electron chi connectivity index (χ4n) is 1.75. The first kappa shape index (κ1) is 13.8. The van der Waals surface area contributed by atoms with E-state index in [0.717, 1.165) is 12.8 Å². The highest BCUT2D eigenvalue weighted by molar-refractivity contribution is 5.79. The molecule has 0 aliphatic rings. The molecule has 0 amide bonds. The molecule has 0 aromatic carbocycles. The monoisotopic (exact) mass is 240 g/mol. The number of Topliss-reactive ketones (excluding diaryl/α,β-unsaturated/α-hetero) is 1. The lowest BCUT2D eigenvalue weighted by atomic mass is 9.96. The lowest BCUT2D eigenvalue weighted by molar-refractivity contribution is -0.118. The summed E-state index contributed by atoms with van der Waals surface area (Å²) in [7, 11) is 1.64. The zero-order chi connectivity index (χ0) is 12.9. The predicted octanol–water partition coefficient (Wildman–Crippen LogP) is 2.25. The van der Waals surface area contributed by atoms with E-state index in [1.807, 2.05) is 20.8 Å². The van der Waals surface area contributed by atoms with Gasteiger partial charge in [-0.3, -0.25) is 4.79 Å². The summed E-state index contributed by atoms with van der Waals surface area (Å²) < 4.78 is 10.6. The molecule has 1 rings (SSSR count). The van der Waals surface area contributed by atoms with E-state index in [9.17, 15) is 4.79 Å². The Kier molecular flexibility index (Phi) is 4.81. The molecule has 17 heavy (non-hydrogen) atoms. The van der Waals surface area contributed by atoms with Gasteiger partial charge >= 0.3 is 0 Å². The minimum atomic E-state index is -0.503. The molecule has 1 heterocycles. The smallest absolute Gasteiger partial charge is 0.234 e. The molecule has 1 aromatic rings. The number of aromatic nitrogens is 2. The van der Waals surface area contributed by atoms with E-state index in [1.165, 1.54) is 0 Å². The molecule has 5 nitrogen and oxygen atoms in total. The highest BCUT2D eigenvalue weighted by Gasteiger charge is 2.33. The van der Waals surface area contributed by atoms with Gasteiger partial charge in [-0.15, -0.1) is 0 Å². The Hall–Kier alpha value is -1.23. The van der Waals surface area contributed by atoms with Crippen molar-refractivity contribution >= 4 is 5.78 Å². The molecule has 0 aliphatic heterocycles. The average Bonchev–Trinajstić information content (AvgIpc) is 2.81. The molecular weight excluding hydrogens is 220 g/mol. The van der Waals surface area contributed by atoms with Crippen LogP contribution in [0, 0.1) is 0 Å². The summed E-state index contributed by atoms with van der Waals surface area (Å²) >= 11 is 0. The van der Waals surface area contributed by atoms with Crippen LogP contribution in [-0.2, 0) is 21.6 Å². The maximum Gasteiger partial charge on any atom is 0.234 e. The van der Waals surface area contributed by atoms with E-state index in [0.29, 0.717) is 18.1 Å². The first-order chi connectivity index (χ1) is 8.11. The molecule has 0 unspecified atom stereocenters. The minimum absolute atomic E-state index is 0.0937. The predicted molar refractivity (Wildman–Crippen MR) is 62.6 cm³/mol. The summed E-state index contributed by atoms with van der Waals surface area (Å²) in [5, 5.41) is 3.93. The van der Waals surface area contributed by atoms with E-state index >= 15 is 0 Å². The quantitative estimate of drug-likeness (QED) is 0.731.